The van der Waals surface area contributed by atoms with E-state index in [0.29, 0.717) is 27.6 Å². The van der Waals surface area contributed by atoms with Crippen LogP contribution in [0.1, 0.15) is 29.9 Å². The average Bonchev–Trinajstić information content (AvgIpc) is 3.52. The summed E-state index contributed by atoms with van der Waals surface area (Å²) in [4.78, 5) is 59.7. The van der Waals surface area contributed by atoms with E-state index >= 15 is 9.18 Å². The zero-order valence-electron chi connectivity index (χ0n) is 27.4. The average molecular weight is 805 g/mol. The first kappa shape index (κ1) is 34.4. The monoisotopic (exact) mass is 803 g/mol. The van der Waals surface area contributed by atoms with E-state index in [9.17, 15) is 19.5 Å². The van der Waals surface area contributed by atoms with Crippen molar-refractivity contribution in [1.82, 2.24) is 5.01 Å². The Morgan fingerprint density at radius 3 is 2.35 bits per heavy atom. The van der Waals surface area contributed by atoms with Gasteiger partial charge in [-0.2, -0.15) is 5.01 Å². The molecule has 2 aliphatic carbocycles. The van der Waals surface area contributed by atoms with Gasteiger partial charge in [-0.25, -0.2) is 4.39 Å². The molecule has 1 saturated carbocycles. The molecule has 2 saturated heterocycles. The lowest BCUT2D eigenvalue weighted by Crippen LogP contribution is -2.53. The van der Waals surface area contributed by atoms with Crippen LogP contribution in [-0.2, 0) is 24.6 Å². The number of imide groups is 2. The number of aromatic hydroxyl groups is 1. The molecule has 4 aromatic carbocycles. The Morgan fingerprint density at radius 1 is 0.923 bits per heavy atom. The minimum absolute atomic E-state index is 0.00983. The van der Waals surface area contributed by atoms with Gasteiger partial charge in [-0.1, -0.05) is 75.0 Å². The van der Waals surface area contributed by atoms with E-state index in [1.165, 1.54) is 36.3 Å². The number of methoxy groups -OCH3 is 1. The molecule has 2 N–H and O–H groups in total. The van der Waals surface area contributed by atoms with Gasteiger partial charge in [-0.3, -0.25) is 29.5 Å². The van der Waals surface area contributed by atoms with Crippen molar-refractivity contribution < 1.29 is 33.4 Å². The summed E-state index contributed by atoms with van der Waals surface area (Å²) in [6.45, 7) is 0. The third-order valence-corrected chi connectivity index (χ3v) is 12.1. The van der Waals surface area contributed by atoms with Crippen LogP contribution in [0.15, 0.2) is 101 Å². The van der Waals surface area contributed by atoms with Gasteiger partial charge in [0.2, 0.25) is 11.8 Å². The van der Waals surface area contributed by atoms with Crippen LogP contribution in [0.5, 0.6) is 11.5 Å². The first-order valence-electron chi connectivity index (χ1n) is 16.5. The molecule has 2 aliphatic heterocycles. The minimum Gasteiger partial charge on any atom is -0.505 e. The molecule has 4 amide bonds. The number of nitrogens with zero attached hydrogens (tertiary/aromatic N) is 2. The zero-order valence-corrected chi connectivity index (χ0v) is 30.5. The van der Waals surface area contributed by atoms with Crippen molar-refractivity contribution in [3.63, 3.8) is 0 Å². The van der Waals surface area contributed by atoms with E-state index in [0.717, 1.165) is 15.5 Å². The molecule has 0 spiro atoms. The van der Waals surface area contributed by atoms with Crippen LogP contribution in [0.2, 0.25) is 10.0 Å². The van der Waals surface area contributed by atoms with Gasteiger partial charge in [0.25, 0.3) is 11.8 Å². The van der Waals surface area contributed by atoms with Crippen LogP contribution < -0.4 is 15.1 Å². The fourth-order valence-corrected chi connectivity index (χ4v) is 9.51. The molecule has 4 aromatic rings. The number of nitrogens with one attached hydrogen (secondary N) is 1. The van der Waals surface area contributed by atoms with Crippen molar-refractivity contribution >= 4 is 74.1 Å². The fraction of sp³-hybridized carbons (Fsp3) is 0.231. The Hall–Kier alpha value is -4.71. The lowest BCUT2D eigenvalue weighted by Gasteiger charge is -2.50. The second-order valence-electron chi connectivity index (χ2n) is 13.4. The van der Waals surface area contributed by atoms with Crippen LogP contribution in [0.25, 0.3) is 0 Å². The van der Waals surface area contributed by atoms with Crippen LogP contribution in [0, 0.1) is 29.5 Å². The number of benzene rings is 4. The highest BCUT2D eigenvalue weighted by Gasteiger charge is 2.70. The number of para-hydroxylation sites is 1. The quantitative estimate of drug-likeness (QED) is 0.151. The summed E-state index contributed by atoms with van der Waals surface area (Å²) in [5, 5.41) is 12.8. The molecule has 52 heavy (non-hydrogen) atoms. The number of phenols is 1. The van der Waals surface area contributed by atoms with Crippen molar-refractivity contribution in [3.05, 3.63) is 128 Å². The maximum atomic E-state index is 15.3. The fourth-order valence-electron chi connectivity index (χ4n) is 8.80. The summed E-state index contributed by atoms with van der Waals surface area (Å²) in [7, 11) is 1.50. The lowest BCUT2D eigenvalue weighted by atomic mass is 9.49. The topological polar surface area (TPSA) is 116 Å². The predicted molar refractivity (Wildman–Crippen MR) is 195 cm³/mol. The summed E-state index contributed by atoms with van der Waals surface area (Å²) in [5.74, 6) is -7.74. The van der Waals surface area contributed by atoms with Crippen LogP contribution >= 0.6 is 39.1 Å². The zero-order chi connectivity index (χ0) is 36.6. The molecular formula is C39H29BrCl2FN3O6. The molecule has 4 aliphatic rings. The summed E-state index contributed by atoms with van der Waals surface area (Å²) >= 11 is 16.0. The highest BCUT2D eigenvalue weighted by Crippen LogP contribution is 2.65. The largest absolute Gasteiger partial charge is 0.505 e. The van der Waals surface area contributed by atoms with Gasteiger partial charge >= 0.3 is 0 Å². The number of hydrogen-bond donors (Lipinski definition) is 2. The SMILES string of the molecule is COc1ccc([C@@]23C(=O)N(Nc4ccc(Cl)cc4Cl)C(=O)[C@@H]2C[C@@H]2C(=CC[C@@H]4C(=O)N(c5ccc(Br)cc5)C(=O)[C@@H]42)[C@@H]3c2cccc(F)c2O)cc1. The van der Waals surface area contributed by atoms with E-state index in [-0.39, 0.29) is 35.0 Å². The summed E-state index contributed by atoms with van der Waals surface area (Å²) in [6, 6.07) is 22.2. The van der Waals surface area contributed by atoms with Crippen molar-refractivity contribution in [2.45, 2.75) is 24.2 Å². The number of phenolic OH excluding ortho intramolecular Hbond substituents is 1. The molecule has 264 valence electrons. The summed E-state index contributed by atoms with van der Waals surface area (Å²) in [6.07, 6.45) is 2.01. The highest BCUT2D eigenvalue weighted by molar-refractivity contribution is 9.10. The van der Waals surface area contributed by atoms with Crippen LogP contribution in [0.4, 0.5) is 15.8 Å². The van der Waals surface area contributed by atoms with Gasteiger partial charge in [0.05, 0.1) is 46.7 Å². The lowest BCUT2D eigenvalue weighted by molar-refractivity contribution is -0.138. The van der Waals surface area contributed by atoms with Gasteiger partial charge in [0, 0.05) is 21.0 Å². The van der Waals surface area contributed by atoms with Crippen LogP contribution in [-0.4, -0.2) is 40.9 Å². The van der Waals surface area contributed by atoms with Gasteiger partial charge in [-0.05, 0) is 85.0 Å². The molecule has 0 aromatic heterocycles. The normalized spacial score (nSPS) is 26.6. The van der Waals surface area contributed by atoms with Crippen molar-refractivity contribution in [2.24, 2.45) is 23.7 Å². The molecule has 9 nitrogen and oxygen atoms in total. The maximum absolute atomic E-state index is 15.3. The van der Waals surface area contributed by atoms with E-state index in [1.807, 2.05) is 6.08 Å². The number of hydrazine groups is 1. The van der Waals surface area contributed by atoms with Gasteiger partial charge in [0.15, 0.2) is 11.6 Å². The molecule has 2 heterocycles. The number of allylic oxidation sites excluding steroid dienone is 2. The van der Waals surface area contributed by atoms with Crippen molar-refractivity contribution in [3.8, 4) is 11.5 Å². The van der Waals surface area contributed by atoms with Crippen molar-refractivity contribution in [2.75, 3.05) is 17.4 Å². The van der Waals surface area contributed by atoms with Crippen molar-refractivity contribution in [1.29, 1.82) is 0 Å². The molecular weight excluding hydrogens is 776 g/mol. The molecule has 3 fully saturated rings. The maximum Gasteiger partial charge on any atom is 0.260 e. The van der Waals surface area contributed by atoms with E-state index < -0.39 is 64.3 Å². The third kappa shape index (κ3) is 5.00. The highest BCUT2D eigenvalue weighted by atomic mass is 79.9. The molecule has 0 radical (unpaired) electrons. The Kier molecular flexibility index (Phi) is 8.43. The van der Waals surface area contributed by atoms with Crippen LogP contribution in [0.3, 0.4) is 0 Å². The number of ether oxygens (including phenoxy) is 1. The number of fused-ring (bicyclic) bond motifs is 4. The number of carbonyl (C=O) groups is 4. The first-order chi connectivity index (χ1) is 25.0. The van der Waals surface area contributed by atoms with E-state index in [2.05, 4.69) is 21.4 Å². The summed E-state index contributed by atoms with van der Waals surface area (Å²) < 4.78 is 21.5. The Balaban J connectivity index is 1.34. The Labute approximate surface area is 316 Å². The minimum atomic E-state index is -1.74. The van der Waals surface area contributed by atoms with E-state index in [4.69, 9.17) is 27.9 Å². The molecule has 8 rings (SSSR count). The van der Waals surface area contributed by atoms with E-state index in [1.54, 1.807) is 54.6 Å². The smallest absolute Gasteiger partial charge is 0.260 e. The first-order valence-corrected chi connectivity index (χ1v) is 18.1. The molecule has 0 bridgehead atoms. The second-order valence-corrected chi connectivity index (χ2v) is 15.1. The number of rotatable bonds is 6. The van der Waals surface area contributed by atoms with Gasteiger partial charge in [0.1, 0.15) is 5.75 Å². The standard InChI is InChI=1S/C39H29BrCl2FN3O6/c1-52-23-12-5-19(6-13-23)39-28(36(49)46(38(39)51)44-31-16-9-21(41)17-29(31)42)18-27-24(33(39)26-3-2-4-30(43)34(26)47)14-15-25-32(27)37(50)45(35(25)48)22-10-7-20(40)8-11-22/h2-14,16-17,25,27-28,32-33,44,47H,15,18H2,1H3/t25-,27+,28-,32-,33+,39+/m0/s1. The molecule has 0 unspecified atom stereocenters. The number of halogens is 4. The number of amides is 4. The molecule has 13 heteroatoms. The Bertz CT molecular complexity index is 2220. The Morgan fingerprint density at radius 2 is 1.65 bits per heavy atom. The number of hydrogen-bond acceptors (Lipinski definition) is 7. The van der Waals surface area contributed by atoms with Gasteiger partial charge < -0.3 is 9.84 Å². The number of anilines is 2. The third-order valence-electron chi connectivity index (χ3n) is 11.0. The second kappa shape index (κ2) is 12.8. The summed E-state index contributed by atoms with van der Waals surface area (Å²) in [5.41, 5.74) is 2.89. The van der Waals surface area contributed by atoms with Gasteiger partial charge in [-0.15, -0.1) is 0 Å². The predicted octanol–water partition coefficient (Wildman–Crippen LogP) is 7.80. The number of carbonyl (C=O) groups excluding carboxylic acids is 4. The molecule has 6 atom stereocenters.